The van der Waals surface area contributed by atoms with Gasteiger partial charge in [0, 0.05) is 12.4 Å². The van der Waals surface area contributed by atoms with E-state index in [2.05, 4.69) is 25.6 Å². The molecule has 0 fully saturated rings. The lowest BCUT2D eigenvalue weighted by Gasteiger charge is -2.07. The van der Waals surface area contributed by atoms with Gasteiger partial charge >= 0.3 is 0 Å². The first kappa shape index (κ1) is 13.5. The van der Waals surface area contributed by atoms with Gasteiger partial charge in [0.1, 0.15) is 4.21 Å². The molecule has 0 aliphatic carbocycles. The molecule has 0 aliphatic heterocycles. The average Bonchev–Trinajstić information content (AvgIpc) is 2.81. The van der Waals surface area contributed by atoms with Crippen molar-refractivity contribution in [1.29, 1.82) is 0 Å². The van der Waals surface area contributed by atoms with Crippen LogP contribution in [-0.2, 0) is 16.6 Å². The molecule has 2 aromatic rings. The van der Waals surface area contributed by atoms with Crippen molar-refractivity contribution >= 4 is 43.0 Å². The summed E-state index contributed by atoms with van der Waals surface area (Å²) < 4.78 is 27.3. The van der Waals surface area contributed by atoms with E-state index >= 15 is 0 Å². The Labute approximate surface area is 117 Å². The maximum Gasteiger partial charge on any atom is 0.271 e. The molecule has 0 unspecified atom stereocenters. The molecule has 0 atom stereocenters. The Hall–Kier alpha value is -0.960. The van der Waals surface area contributed by atoms with E-state index in [1.54, 1.807) is 11.4 Å². The van der Waals surface area contributed by atoms with E-state index in [4.69, 9.17) is 5.11 Å². The summed E-state index contributed by atoms with van der Waals surface area (Å²) >= 11 is 4.28. The Morgan fingerprint density at radius 3 is 2.89 bits per heavy atom. The Kier molecular flexibility index (Phi) is 4.00. The lowest BCUT2D eigenvalue weighted by atomic mass is 10.4. The van der Waals surface area contributed by atoms with Gasteiger partial charge in [-0.1, -0.05) is 0 Å². The first-order chi connectivity index (χ1) is 8.53. The summed E-state index contributed by atoms with van der Waals surface area (Å²) in [6, 6.07) is 3.00. The minimum absolute atomic E-state index is 0.162. The molecule has 0 aromatic carbocycles. The third kappa shape index (κ3) is 2.89. The van der Waals surface area contributed by atoms with Crippen molar-refractivity contribution in [2.24, 2.45) is 0 Å². The summed E-state index contributed by atoms with van der Waals surface area (Å²) in [6.45, 7) is -0.176. The number of sulfonamides is 1. The molecule has 0 spiro atoms. The number of pyridine rings is 1. The van der Waals surface area contributed by atoms with Crippen LogP contribution >= 0.6 is 27.3 Å². The SMILES string of the molecule is O=S(=O)(Nc1ccncc1Br)c1cc(CO)cs1. The van der Waals surface area contributed by atoms with Crippen molar-refractivity contribution in [2.45, 2.75) is 10.8 Å². The van der Waals surface area contributed by atoms with E-state index < -0.39 is 10.0 Å². The van der Waals surface area contributed by atoms with Crippen LogP contribution in [0.2, 0.25) is 0 Å². The second kappa shape index (κ2) is 5.35. The quantitative estimate of drug-likeness (QED) is 0.887. The first-order valence-corrected chi connectivity index (χ1v) is 7.99. The fourth-order valence-corrected chi connectivity index (χ4v) is 3.99. The van der Waals surface area contributed by atoms with Gasteiger partial charge in [-0.05, 0) is 39.0 Å². The van der Waals surface area contributed by atoms with Gasteiger partial charge in [-0.2, -0.15) is 0 Å². The molecule has 0 saturated heterocycles. The number of aliphatic hydroxyl groups is 1. The van der Waals surface area contributed by atoms with Gasteiger partial charge < -0.3 is 5.11 Å². The zero-order valence-electron chi connectivity index (χ0n) is 9.00. The van der Waals surface area contributed by atoms with E-state index in [-0.39, 0.29) is 10.8 Å². The van der Waals surface area contributed by atoms with Crippen LogP contribution in [0.3, 0.4) is 0 Å². The molecule has 2 heterocycles. The maximum atomic E-state index is 12.1. The van der Waals surface area contributed by atoms with Crippen molar-refractivity contribution in [3.05, 3.63) is 39.9 Å². The minimum Gasteiger partial charge on any atom is -0.392 e. The molecule has 0 radical (unpaired) electrons. The van der Waals surface area contributed by atoms with Crippen molar-refractivity contribution in [3.63, 3.8) is 0 Å². The number of nitrogens with zero attached hydrogens (tertiary/aromatic N) is 1. The number of nitrogens with one attached hydrogen (secondary N) is 1. The van der Waals surface area contributed by atoms with Gasteiger partial charge in [-0.25, -0.2) is 8.42 Å². The fourth-order valence-electron chi connectivity index (χ4n) is 1.23. The summed E-state index contributed by atoms with van der Waals surface area (Å²) in [4.78, 5) is 3.85. The zero-order chi connectivity index (χ0) is 13.2. The smallest absolute Gasteiger partial charge is 0.271 e. The number of aromatic nitrogens is 1. The second-order valence-corrected chi connectivity index (χ2v) is 7.07. The van der Waals surface area contributed by atoms with E-state index in [0.717, 1.165) is 11.3 Å². The van der Waals surface area contributed by atoms with E-state index in [9.17, 15) is 8.42 Å². The highest BCUT2D eigenvalue weighted by atomic mass is 79.9. The molecule has 2 rings (SSSR count). The van der Waals surface area contributed by atoms with Crippen molar-refractivity contribution in [1.82, 2.24) is 4.98 Å². The lowest BCUT2D eigenvalue weighted by Crippen LogP contribution is -2.11. The molecular weight excluding hydrogens is 340 g/mol. The number of hydrogen-bond donors (Lipinski definition) is 2. The molecule has 18 heavy (non-hydrogen) atoms. The number of hydrogen-bond acceptors (Lipinski definition) is 5. The van der Waals surface area contributed by atoms with Crippen LogP contribution in [0.1, 0.15) is 5.56 Å². The normalized spacial score (nSPS) is 11.4. The Bertz CT molecular complexity index is 655. The summed E-state index contributed by atoms with van der Waals surface area (Å²) in [5.74, 6) is 0. The van der Waals surface area contributed by atoms with Gasteiger partial charge in [-0.15, -0.1) is 11.3 Å². The third-order valence-corrected chi connectivity index (χ3v) is 5.58. The van der Waals surface area contributed by atoms with Crippen LogP contribution < -0.4 is 4.72 Å². The molecule has 8 heteroatoms. The topological polar surface area (TPSA) is 79.3 Å². The molecule has 0 aliphatic rings. The average molecular weight is 349 g/mol. The van der Waals surface area contributed by atoms with Crippen molar-refractivity contribution in [3.8, 4) is 0 Å². The predicted octanol–water partition coefficient (Wildman–Crippen LogP) is 2.20. The molecule has 0 amide bonds. The van der Waals surface area contributed by atoms with Crippen LogP contribution in [0.25, 0.3) is 0 Å². The number of thiophene rings is 1. The van der Waals surface area contributed by atoms with Gasteiger partial charge in [0.25, 0.3) is 10.0 Å². The fraction of sp³-hybridized carbons (Fsp3) is 0.100. The van der Waals surface area contributed by atoms with Crippen LogP contribution in [0, 0.1) is 0 Å². The second-order valence-electron chi connectivity index (χ2n) is 3.39. The van der Waals surface area contributed by atoms with Crippen LogP contribution in [0.4, 0.5) is 5.69 Å². The molecule has 0 saturated carbocycles. The molecule has 96 valence electrons. The number of aliphatic hydroxyl groups excluding tert-OH is 1. The maximum absolute atomic E-state index is 12.1. The Morgan fingerprint density at radius 2 is 2.28 bits per heavy atom. The largest absolute Gasteiger partial charge is 0.392 e. The van der Waals surface area contributed by atoms with E-state index in [1.807, 2.05) is 0 Å². The van der Waals surface area contributed by atoms with Crippen LogP contribution in [-0.4, -0.2) is 18.5 Å². The lowest BCUT2D eigenvalue weighted by molar-refractivity contribution is 0.282. The Balaban J connectivity index is 2.30. The summed E-state index contributed by atoms with van der Waals surface area (Å²) in [5, 5.41) is 10.5. The Morgan fingerprint density at radius 1 is 1.50 bits per heavy atom. The highest BCUT2D eigenvalue weighted by Gasteiger charge is 2.17. The summed E-state index contributed by atoms with van der Waals surface area (Å²) in [5.41, 5.74) is 0.998. The summed E-state index contributed by atoms with van der Waals surface area (Å²) in [7, 11) is -3.63. The number of rotatable bonds is 4. The van der Waals surface area contributed by atoms with Gasteiger partial charge in [0.05, 0.1) is 16.8 Å². The van der Waals surface area contributed by atoms with Crippen molar-refractivity contribution in [2.75, 3.05) is 4.72 Å². The van der Waals surface area contributed by atoms with Crippen LogP contribution in [0.5, 0.6) is 0 Å². The molecular formula is C10H9BrN2O3S2. The third-order valence-electron chi connectivity index (χ3n) is 2.09. The van der Waals surface area contributed by atoms with Crippen LogP contribution in [0.15, 0.2) is 38.6 Å². The van der Waals surface area contributed by atoms with Gasteiger partial charge in [0.15, 0.2) is 0 Å². The molecule has 2 N–H and O–H groups in total. The van der Waals surface area contributed by atoms with E-state index in [1.165, 1.54) is 18.5 Å². The standard InChI is InChI=1S/C10H9BrN2O3S2/c11-8-4-12-2-1-9(8)13-18(15,16)10-3-7(5-14)6-17-10/h1-4,6,14H,5H2,(H,12,13). The summed E-state index contributed by atoms with van der Waals surface area (Å²) in [6.07, 6.45) is 3.00. The zero-order valence-corrected chi connectivity index (χ0v) is 12.2. The van der Waals surface area contributed by atoms with Gasteiger partial charge in [0.2, 0.25) is 0 Å². The molecule has 5 nitrogen and oxygen atoms in total. The number of halogens is 1. The first-order valence-electron chi connectivity index (χ1n) is 4.83. The molecule has 2 aromatic heterocycles. The minimum atomic E-state index is -3.63. The highest BCUT2D eigenvalue weighted by molar-refractivity contribution is 9.10. The molecule has 0 bridgehead atoms. The van der Waals surface area contributed by atoms with Crippen molar-refractivity contribution < 1.29 is 13.5 Å². The monoisotopic (exact) mass is 348 g/mol. The van der Waals surface area contributed by atoms with E-state index in [0.29, 0.717) is 15.7 Å². The van der Waals surface area contributed by atoms with Gasteiger partial charge in [-0.3, -0.25) is 9.71 Å². The highest BCUT2D eigenvalue weighted by Crippen LogP contribution is 2.26. The number of anilines is 1. The predicted molar refractivity (Wildman–Crippen MR) is 73.0 cm³/mol.